The molecule has 0 spiro atoms. The van der Waals surface area contributed by atoms with Crippen LogP contribution in [0.4, 0.5) is 0 Å². The van der Waals surface area contributed by atoms with Crippen molar-refractivity contribution in [3.63, 3.8) is 0 Å². The van der Waals surface area contributed by atoms with E-state index in [1.807, 2.05) is 121 Å². The van der Waals surface area contributed by atoms with E-state index in [4.69, 9.17) is 18.9 Å². The molecule has 0 bridgehead atoms. The smallest absolute Gasteiger partial charge is 0.238 e. The summed E-state index contributed by atoms with van der Waals surface area (Å²) < 4.78 is 24.7. The average molecular weight is 515 g/mol. The number of ether oxygens (including phenoxy) is 4. The lowest BCUT2D eigenvalue weighted by Crippen LogP contribution is -2.26. The van der Waals surface area contributed by atoms with Crippen molar-refractivity contribution in [1.29, 1.82) is 0 Å². The normalized spacial score (nSPS) is 11.5. The molecule has 0 N–H and O–H groups in total. The summed E-state index contributed by atoms with van der Waals surface area (Å²) in [6.07, 6.45) is -0.502. The Morgan fingerprint density at radius 1 is 0.389 bits per heavy atom. The van der Waals surface area contributed by atoms with Crippen LogP contribution in [0.2, 0.25) is 24.2 Å². The van der Waals surface area contributed by atoms with Crippen LogP contribution >= 0.6 is 0 Å². The van der Waals surface area contributed by atoms with Crippen molar-refractivity contribution in [1.82, 2.24) is 0 Å². The standard InChI is InChI=1S/C30H34O4Si2/c1-5-13-25(14-6-1)31-29(32-26-15-7-2-8-16-26)23-35-21-22-36-24-30(33-27-17-9-3-10-18-27)34-28-19-11-4-12-20-28/h1-20,29-30H,21-24,35-36H2. The summed E-state index contributed by atoms with van der Waals surface area (Å²) >= 11 is 0. The minimum Gasteiger partial charge on any atom is -0.455 e. The number of rotatable bonds is 15. The number of benzene rings is 4. The van der Waals surface area contributed by atoms with E-state index in [-0.39, 0.29) is 31.6 Å². The SMILES string of the molecule is c1ccc(OC(C[SiH2]CC[SiH2]CC(Oc2ccccc2)Oc2ccccc2)Oc2ccccc2)cc1. The third-order valence-electron chi connectivity index (χ3n) is 5.67. The Hall–Kier alpha value is -3.49. The largest absolute Gasteiger partial charge is 0.455 e. The van der Waals surface area contributed by atoms with E-state index < -0.39 is 0 Å². The first kappa shape index (κ1) is 25.6. The molecule has 0 fully saturated rings. The van der Waals surface area contributed by atoms with Gasteiger partial charge in [0, 0.05) is 31.1 Å². The Labute approximate surface area is 218 Å². The quantitative estimate of drug-likeness (QED) is 0.111. The number of hydrogen-bond donors (Lipinski definition) is 0. The summed E-state index contributed by atoms with van der Waals surface area (Å²) in [7, 11) is -0.647. The Morgan fingerprint density at radius 2 is 0.639 bits per heavy atom. The molecule has 4 aromatic carbocycles. The molecule has 0 aromatic heterocycles. The van der Waals surface area contributed by atoms with Crippen molar-refractivity contribution >= 4 is 19.0 Å². The van der Waals surface area contributed by atoms with Crippen LogP contribution in [0.1, 0.15) is 0 Å². The molecule has 4 aromatic rings. The minimum atomic E-state index is -0.324. The van der Waals surface area contributed by atoms with Crippen LogP contribution in [0.15, 0.2) is 121 Å². The van der Waals surface area contributed by atoms with Gasteiger partial charge in [-0.15, -0.1) is 0 Å². The van der Waals surface area contributed by atoms with Crippen molar-refractivity contribution in [2.24, 2.45) is 0 Å². The zero-order chi connectivity index (χ0) is 24.7. The second-order valence-corrected chi connectivity index (χ2v) is 12.6. The van der Waals surface area contributed by atoms with E-state index in [9.17, 15) is 0 Å². The molecule has 186 valence electrons. The van der Waals surface area contributed by atoms with Crippen LogP contribution in [0.25, 0.3) is 0 Å². The van der Waals surface area contributed by atoms with E-state index >= 15 is 0 Å². The summed E-state index contributed by atoms with van der Waals surface area (Å²) in [4.78, 5) is 0. The molecule has 0 aliphatic rings. The summed E-state index contributed by atoms with van der Waals surface area (Å²) in [5, 5.41) is 0. The first-order chi connectivity index (χ1) is 17.8. The van der Waals surface area contributed by atoms with Gasteiger partial charge in [0.15, 0.2) is 0 Å². The van der Waals surface area contributed by atoms with Crippen LogP contribution in [0.5, 0.6) is 23.0 Å². The van der Waals surface area contributed by atoms with Gasteiger partial charge in [-0.25, -0.2) is 0 Å². The topological polar surface area (TPSA) is 36.9 Å². The van der Waals surface area contributed by atoms with Crippen molar-refractivity contribution in [3.05, 3.63) is 121 Å². The number of para-hydroxylation sites is 4. The fraction of sp³-hybridized carbons (Fsp3) is 0.200. The Balaban J connectivity index is 1.24. The average Bonchev–Trinajstić information content (AvgIpc) is 2.93. The summed E-state index contributed by atoms with van der Waals surface area (Å²) in [6.45, 7) is 0. The molecular weight excluding hydrogens is 480 g/mol. The van der Waals surface area contributed by atoms with Gasteiger partial charge in [-0.3, -0.25) is 0 Å². The van der Waals surface area contributed by atoms with Crippen LogP contribution < -0.4 is 18.9 Å². The van der Waals surface area contributed by atoms with Gasteiger partial charge in [-0.05, 0) is 48.5 Å². The molecule has 4 nitrogen and oxygen atoms in total. The molecule has 0 saturated heterocycles. The van der Waals surface area contributed by atoms with Crippen molar-refractivity contribution < 1.29 is 18.9 Å². The molecule has 0 radical (unpaired) electrons. The number of hydrogen-bond acceptors (Lipinski definition) is 4. The van der Waals surface area contributed by atoms with Gasteiger partial charge < -0.3 is 18.9 Å². The minimum absolute atomic E-state index is 0.251. The van der Waals surface area contributed by atoms with E-state index in [1.165, 1.54) is 12.1 Å². The lowest BCUT2D eigenvalue weighted by Gasteiger charge is -2.21. The maximum Gasteiger partial charge on any atom is 0.238 e. The monoisotopic (exact) mass is 514 g/mol. The maximum atomic E-state index is 6.18. The molecule has 4 rings (SSSR count). The molecular formula is C30H34O4Si2. The van der Waals surface area contributed by atoms with Gasteiger partial charge in [0.05, 0.1) is 0 Å². The van der Waals surface area contributed by atoms with Crippen molar-refractivity contribution in [2.75, 3.05) is 0 Å². The molecule has 0 aliphatic heterocycles. The van der Waals surface area contributed by atoms with Crippen molar-refractivity contribution in [3.8, 4) is 23.0 Å². The van der Waals surface area contributed by atoms with Crippen LogP contribution in [0.3, 0.4) is 0 Å². The third-order valence-corrected chi connectivity index (χ3v) is 10.4. The highest BCUT2D eigenvalue weighted by Crippen LogP contribution is 2.20. The first-order valence-corrected chi connectivity index (χ1v) is 16.7. The highest BCUT2D eigenvalue weighted by Gasteiger charge is 2.15. The zero-order valence-corrected chi connectivity index (χ0v) is 23.4. The van der Waals surface area contributed by atoms with Crippen molar-refractivity contribution in [2.45, 2.75) is 36.8 Å². The van der Waals surface area contributed by atoms with Gasteiger partial charge in [0.1, 0.15) is 23.0 Å². The fourth-order valence-electron chi connectivity index (χ4n) is 3.86. The van der Waals surface area contributed by atoms with Crippen LogP contribution in [0, 0.1) is 0 Å². The van der Waals surface area contributed by atoms with Crippen LogP contribution in [-0.2, 0) is 0 Å². The Morgan fingerprint density at radius 3 is 0.889 bits per heavy atom. The highest BCUT2D eigenvalue weighted by molar-refractivity contribution is 6.42. The van der Waals surface area contributed by atoms with Gasteiger partial charge in [0.2, 0.25) is 12.6 Å². The predicted octanol–water partition coefficient (Wildman–Crippen LogP) is 5.97. The van der Waals surface area contributed by atoms with Gasteiger partial charge >= 0.3 is 0 Å². The van der Waals surface area contributed by atoms with E-state index in [2.05, 4.69) is 0 Å². The third kappa shape index (κ3) is 9.28. The van der Waals surface area contributed by atoms with Gasteiger partial charge in [0.25, 0.3) is 0 Å². The zero-order valence-electron chi connectivity index (χ0n) is 20.6. The Kier molecular flexibility index (Phi) is 10.5. The predicted molar refractivity (Wildman–Crippen MR) is 152 cm³/mol. The first-order valence-electron chi connectivity index (χ1n) is 12.7. The molecule has 6 heteroatoms. The molecule has 0 amide bonds. The lowest BCUT2D eigenvalue weighted by atomic mass is 10.3. The van der Waals surface area contributed by atoms with Gasteiger partial charge in [-0.1, -0.05) is 84.9 Å². The maximum absolute atomic E-state index is 6.18. The lowest BCUT2D eigenvalue weighted by molar-refractivity contribution is 0.0217. The second-order valence-electron chi connectivity index (χ2n) is 8.57. The van der Waals surface area contributed by atoms with Crippen LogP contribution in [-0.4, -0.2) is 31.6 Å². The molecule has 0 saturated carbocycles. The van der Waals surface area contributed by atoms with Gasteiger partial charge in [-0.2, -0.15) is 0 Å². The summed E-state index contributed by atoms with van der Waals surface area (Å²) in [5.74, 6) is 3.39. The van der Waals surface area contributed by atoms with E-state index in [0.717, 1.165) is 35.1 Å². The molecule has 0 heterocycles. The summed E-state index contributed by atoms with van der Waals surface area (Å²) in [5.41, 5.74) is 0. The molecule has 0 aliphatic carbocycles. The molecule has 0 atom stereocenters. The molecule has 0 unspecified atom stereocenters. The fourth-order valence-corrected chi connectivity index (χ4v) is 8.41. The van der Waals surface area contributed by atoms with E-state index in [1.54, 1.807) is 0 Å². The second kappa shape index (κ2) is 14.8. The Bertz CT molecular complexity index is 925. The highest BCUT2D eigenvalue weighted by atomic mass is 28.2. The van der Waals surface area contributed by atoms with E-state index in [0.29, 0.717) is 0 Å². The molecule has 36 heavy (non-hydrogen) atoms. The summed E-state index contributed by atoms with van der Waals surface area (Å²) in [6, 6.07) is 44.3.